The van der Waals surface area contributed by atoms with Crippen LogP contribution in [0.15, 0.2) is 78.9 Å². The normalized spacial score (nSPS) is 10.4. The van der Waals surface area contributed by atoms with Crippen molar-refractivity contribution in [3.05, 3.63) is 95.6 Å². The zero-order valence-corrected chi connectivity index (χ0v) is 13.8. The first kappa shape index (κ1) is 16.6. The van der Waals surface area contributed by atoms with E-state index < -0.39 is 5.97 Å². The van der Waals surface area contributed by atoms with E-state index >= 15 is 0 Å². The molecular weight excluding hydrogens is 312 g/mol. The highest BCUT2D eigenvalue weighted by Crippen LogP contribution is 2.26. The molecule has 0 aromatic heterocycles. The molecule has 0 atom stereocenters. The van der Waals surface area contributed by atoms with Crippen molar-refractivity contribution in [3.63, 3.8) is 0 Å². The lowest BCUT2D eigenvalue weighted by molar-refractivity contribution is 0.0697. The van der Waals surface area contributed by atoms with Crippen molar-refractivity contribution >= 4 is 17.3 Å². The van der Waals surface area contributed by atoms with Crippen molar-refractivity contribution < 1.29 is 9.90 Å². The summed E-state index contributed by atoms with van der Waals surface area (Å²) in [5.41, 5.74) is 9.34. The molecule has 0 saturated heterocycles. The lowest BCUT2D eigenvalue weighted by atomic mass is 10.1. The van der Waals surface area contributed by atoms with Crippen molar-refractivity contribution in [2.24, 2.45) is 0 Å². The van der Waals surface area contributed by atoms with E-state index in [1.54, 1.807) is 12.1 Å². The largest absolute Gasteiger partial charge is 0.478 e. The number of rotatable bonds is 6. The summed E-state index contributed by atoms with van der Waals surface area (Å²) >= 11 is 0. The van der Waals surface area contributed by atoms with Crippen LogP contribution in [0.1, 0.15) is 21.5 Å². The topological polar surface area (TPSA) is 66.6 Å². The molecule has 3 rings (SSSR count). The zero-order valence-electron chi connectivity index (χ0n) is 13.8. The number of hydrogen-bond acceptors (Lipinski definition) is 3. The summed E-state index contributed by atoms with van der Waals surface area (Å²) in [7, 11) is 0. The fourth-order valence-corrected chi connectivity index (χ4v) is 2.83. The Hall–Kier alpha value is -3.27. The van der Waals surface area contributed by atoms with Crippen LogP contribution in [0, 0.1) is 0 Å². The number of nitrogen functional groups attached to an aromatic ring is 1. The molecule has 0 radical (unpaired) electrons. The van der Waals surface area contributed by atoms with E-state index in [2.05, 4.69) is 4.90 Å². The minimum atomic E-state index is -0.978. The zero-order chi connectivity index (χ0) is 17.6. The predicted octanol–water partition coefficient (Wildman–Crippen LogP) is 4.17. The smallest absolute Gasteiger partial charge is 0.337 e. The first-order valence-electron chi connectivity index (χ1n) is 8.09. The molecule has 0 aliphatic carbocycles. The summed E-state index contributed by atoms with van der Waals surface area (Å²) in [5.74, 6) is -0.978. The summed E-state index contributed by atoms with van der Waals surface area (Å²) < 4.78 is 0. The van der Waals surface area contributed by atoms with Crippen LogP contribution < -0.4 is 10.6 Å². The van der Waals surface area contributed by atoms with Crippen molar-refractivity contribution in [1.29, 1.82) is 0 Å². The van der Waals surface area contributed by atoms with Gasteiger partial charge >= 0.3 is 5.97 Å². The summed E-state index contributed by atoms with van der Waals surface area (Å²) in [6.07, 6.45) is 0. The molecule has 126 valence electrons. The lowest BCUT2D eigenvalue weighted by Gasteiger charge is -2.27. The molecule has 0 saturated carbocycles. The van der Waals surface area contributed by atoms with Gasteiger partial charge in [-0.15, -0.1) is 0 Å². The standard InChI is InChI=1S/C21H20N2O2/c22-18-11-12-20(19(13-18)21(24)25)23(14-16-7-3-1-4-8-16)15-17-9-5-2-6-10-17/h1-13H,14-15,22H2,(H,24,25). The maximum atomic E-state index is 11.7. The van der Waals surface area contributed by atoms with E-state index in [1.807, 2.05) is 60.7 Å². The van der Waals surface area contributed by atoms with E-state index in [0.717, 1.165) is 11.1 Å². The van der Waals surface area contributed by atoms with Gasteiger partial charge in [0.05, 0.1) is 11.3 Å². The molecule has 0 aliphatic heterocycles. The molecule has 3 aromatic rings. The molecule has 4 heteroatoms. The number of nitrogens with two attached hydrogens (primary N) is 1. The molecule has 0 amide bonds. The molecular formula is C21H20N2O2. The summed E-state index contributed by atoms with van der Waals surface area (Å²) in [6, 6.07) is 25.1. The van der Waals surface area contributed by atoms with Gasteiger partial charge in [-0.2, -0.15) is 0 Å². The van der Waals surface area contributed by atoms with Gasteiger partial charge in [-0.25, -0.2) is 4.79 Å². The van der Waals surface area contributed by atoms with Crippen LogP contribution in [0.5, 0.6) is 0 Å². The van der Waals surface area contributed by atoms with E-state index in [1.165, 1.54) is 6.07 Å². The van der Waals surface area contributed by atoms with E-state index in [0.29, 0.717) is 24.5 Å². The number of carboxylic acid groups (broad SMARTS) is 1. The summed E-state index contributed by atoms with van der Waals surface area (Å²) in [4.78, 5) is 13.8. The second kappa shape index (κ2) is 7.53. The number of anilines is 2. The molecule has 0 bridgehead atoms. The predicted molar refractivity (Wildman–Crippen MR) is 101 cm³/mol. The quantitative estimate of drug-likeness (QED) is 0.665. The van der Waals surface area contributed by atoms with Crippen LogP contribution >= 0.6 is 0 Å². The van der Waals surface area contributed by atoms with E-state index in [4.69, 9.17) is 5.73 Å². The van der Waals surface area contributed by atoms with Crippen LogP contribution in [0.25, 0.3) is 0 Å². The third kappa shape index (κ3) is 4.18. The minimum absolute atomic E-state index is 0.215. The third-order valence-electron chi connectivity index (χ3n) is 4.02. The van der Waals surface area contributed by atoms with Gasteiger partial charge in [0.15, 0.2) is 0 Å². The molecule has 4 nitrogen and oxygen atoms in total. The first-order chi connectivity index (χ1) is 12.1. The maximum absolute atomic E-state index is 11.7. The number of nitrogens with zero attached hydrogens (tertiary/aromatic N) is 1. The van der Waals surface area contributed by atoms with Crippen LogP contribution in [-0.2, 0) is 13.1 Å². The second-order valence-corrected chi connectivity index (χ2v) is 5.91. The van der Waals surface area contributed by atoms with Crippen LogP contribution in [0.4, 0.5) is 11.4 Å². The highest BCUT2D eigenvalue weighted by atomic mass is 16.4. The van der Waals surface area contributed by atoms with Crippen molar-refractivity contribution in [2.45, 2.75) is 13.1 Å². The fourth-order valence-electron chi connectivity index (χ4n) is 2.83. The molecule has 0 heterocycles. The van der Waals surface area contributed by atoms with Gasteiger partial charge in [-0.3, -0.25) is 0 Å². The molecule has 25 heavy (non-hydrogen) atoms. The molecule has 0 fully saturated rings. The Morgan fingerprint density at radius 1 is 0.840 bits per heavy atom. The van der Waals surface area contributed by atoms with Crippen LogP contribution in [0.3, 0.4) is 0 Å². The Labute approximate surface area is 147 Å². The monoisotopic (exact) mass is 332 g/mol. The highest BCUT2D eigenvalue weighted by molar-refractivity contribution is 5.95. The van der Waals surface area contributed by atoms with Gasteiger partial charge in [0.25, 0.3) is 0 Å². The average molecular weight is 332 g/mol. The van der Waals surface area contributed by atoms with Crippen LogP contribution in [0.2, 0.25) is 0 Å². The van der Waals surface area contributed by atoms with Gasteiger partial charge in [0.2, 0.25) is 0 Å². The molecule has 3 aromatic carbocycles. The molecule has 3 N–H and O–H groups in total. The van der Waals surface area contributed by atoms with Crippen molar-refractivity contribution in [2.75, 3.05) is 10.6 Å². The Balaban J connectivity index is 2.00. The molecule has 0 spiro atoms. The highest BCUT2D eigenvalue weighted by Gasteiger charge is 2.17. The van der Waals surface area contributed by atoms with Crippen molar-refractivity contribution in [3.8, 4) is 0 Å². The average Bonchev–Trinajstić information content (AvgIpc) is 2.63. The van der Waals surface area contributed by atoms with E-state index in [9.17, 15) is 9.90 Å². The number of hydrogen-bond donors (Lipinski definition) is 2. The van der Waals surface area contributed by atoms with Gasteiger partial charge in [0.1, 0.15) is 0 Å². The summed E-state index contributed by atoms with van der Waals surface area (Å²) in [5, 5.41) is 9.59. The van der Waals surface area contributed by atoms with Crippen LogP contribution in [-0.4, -0.2) is 11.1 Å². The number of carboxylic acids is 1. The molecule has 0 aliphatic rings. The SMILES string of the molecule is Nc1ccc(N(Cc2ccccc2)Cc2ccccc2)c(C(=O)O)c1. The second-order valence-electron chi connectivity index (χ2n) is 5.91. The molecule has 0 unspecified atom stereocenters. The van der Waals surface area contributed by atoms with E-state index in [-0.39, 0.29) is 5.56 Å². The van der Waals surface area contributed by atoms with Gasteiger partial charge in [0, 0.05) is 18.8 Å². The van der Waals surface area contributed by atoms with Gasteiger partial charge in [-0.1, -0.05) is 60.7 Å². The first-order valence-corrected chi connectivity index (χ1v) is 8.09. The van der Waals surface area contributed by atoms with Crippen molar-refractivity contribution in [1.82, 2.24) is 0 Å². The number of benzene rings is 3. The number of carbonyl (C=O) groups is 1. The van der Waals surface area contributed by atoms with Gasteiger partial charge in [-0.05, 0) is 29.3 Å². The Morgan fingerprint density at radius 2 is 1.36 bits per heavy atom. The third-order valence-corrected chi connectivity index (χ3v) is 4.02. The fraction of sp³-hybridized carbons (Fsp3) is 0.0952. The Kier molecular flexibility index (Phi) is 5.00. The summed E-state index contributed by atoms with van der Waals surface area (Å²) in [6.45, 7) is 1.22. The maximum Gasteiger partial charge on any atom is 0.337 e. The lowest BCUT2D eigenvalue weighted by Crippen LogP contribution is -2.24. The number of aromatic carboxylic acids is 1. The Morgan fingerprint density at radius 3 is 1.84 bits per heavy atom. The minimum Gasteiger partial charge on any atom is -0.478 e. The van der Waals surface area contributed by atoms with Gasteiger partial charge < -0.3 is 15.7 Å². The Bertz CT molecular complexity index is 807.